The molecule has 0 saturated carbocycles. The maximum Gasteiger partial charge on any atom is 0.105 e. The molecular formula is C9H19N3O2. The minimum absolute atomic E-state index is 0.128. The fourth-order valence-corrected chi connectivity index (χ4v) is 1.76. The zero-order valence-corrected chi connectivity index (χ0v) is 8.62. The van der Waals surface area contributed by atoms with E-state index in [1.807, 2.05) is 11.9 Å². The number of ether oxygens (including phenoxy) is 1. The zero-order chi connectivity index (χ0) is 10.6. The second-order valence-corrected chi connectivity index (χ2v) is 4.03. The van der Waals surface area contributed by atoms with Crippen LogP contribution in [0.15, 0.2) is 0 Å². The molecule has 14 heavy (non-hydrogen) atoms. The molecule has 0 atom stereocenters. The first kappa shape index (κ1) is 11.4. The summed E-state index contributed by atoms with van der Waals surface area (Å²) in [5, 5.41) is 17.3. The van der Waals surface area contributed by atoms with Crippen molar-refractivity contribution in [3.8, 4) is 0 Å². The van der Waals surface area contributed by atoms with Gasteiger partial charge in [0.05, 0.1) is 12.1 Å². The van der Waals surface area contributed by atoms with Crippen LogP contribution in [0, 0.1) is 5.41 Å². The number of likely N-dealkylation sites (N-methyl/N-ethyl adjacent to an activating group) is 1. The van der Waals surface area contributed by atoms with E-state index < -0.39 is 5.60 Å². The van der Waals surface area contributed by atoms with Crippen molar-refractivity contribution < 1.29 is 9.84 Å². The summed E-state index contributed by atoms with van der Waals surface area (Å²) in [5.74, 6) is 0.128. The van der Waals surface area contributed by atoms with Crippen molar-refractivity contribution in [2.24, 2.45) is 5.73 Å². The van der Waals surface area contributed by atoms with Crippen LogP contribution in [-0.4, -0.2) is 54.8 Å². The van der Waals surface area contributed by atoms with E-state index in [1.165, 1.54) is 0 Å². The zero-order valence-electron chi connectivity index (χ0n) is 8.62. The topological polar surface area (TPSA) is 82.6 Å². The van der Waals surface area contributed by atoms with Crippen molar-refractivity contribution in [1.29, 1.82) is 5.41 Å². The average Bonchev–Trinajstić information content (AvgIpc) is 2.02. The van der Waals surface area contributed by atoms with E-state index in [9.17, 15) is 5.11 Å². The van der Waals surface area contributed by atoms with Crippen molar-refractivity contribution in [3.05, 3.63) is 0 Å². The highest BCUT2D eigenvalue weighted by Gasteiger charge is 2.30. The summed E-state index contributed by atoms with van der Waals surface area (Å²) >= 11 is 0. The Hall–Kier alpha value is -0.650. The Labute approximate surface area is 84.3 Å². The van der Waals surface area contributed by atoms with Gasteiger partial charge in [0, 0.05) is 32.6 Å². The Morgan fingerprint density at radius 1 is 1.57 bits per heavy atom. The molecule has 1 rings (SSSR count). The van der Waals surface area contributed by atoms with Crippen LogP contribution in [-0.2, 0) is 4.74 Å². The molecule has 1 fully saturated rings. The summed E-state index contributed by atoms with van der Waals surface area (Å²) in [6, 6.07) is 0. The van der Waals surface area contributed by atoms with Crippen molar-refractivity contribution in [1.82, 2.24) is 4.90 Å². The second kappa shape index (κ2) is 4.72. The molecule has 1 aliphatic rings. The first-order valence-electron chi connectivity index (χ1n) is 4.83. The molecule has 0 amide bonds. The predicted octanol–water partition coefficient (Wildman–Crippen LogP) is -0.604. The molecule has 4 N–H and O–H groups in total. The first-order valence-corrected chi connectivity index (χ1v) is 4.83. The third kappa shape index (κ3) is 3.61. The van der Waals surface area contributed by atoms with Crippen molar-refractivity contribution >= 4 is 5.84 Å². The van der Waals surface area contributed by atoms with E-state index in [4.69, 9.17) is 15.9 Å². The van der Waals surface area contributed by atoms with Crippen LogP contribution >= 0.6 is 0 Å². The molecule has 1 heterocycles. The van der Waals surface area contributed by atoms with Gasteiger partial charge in [-0.05, 0) is 7.05 Å². The van der Waals surface area contributed by atoms with Crippen LogP contribution in [0.5, 0.6) is 0 Å². The van der Waals surface area contributed by atoms with E-state index in [0.29, 0.717) is 39.1 Å². The lowest BCUT2D eigenvalue weighted by molar-refractivity contribution is -0.0753. The third-order valence-electron chi connectivity index (χ3n) is 2.43. The lowest BCUT2D eigenvalue weighted by atomic mass is 9.94. The first-order chi connectivity index (χ1) is 6.52. The number of hydrogen-bond acceptors (Lipinski definition) is 4. The molecule has 82 valence electrons. The fraction of sp³-hybridized carbons (Fsp3) is 0.889. The normalized spacial score (nSPS) is 21.1. The molecule has 5 heteroatoms. The van der Waals surface area contributed by atoms with Gasteiger partial charge in [0.2, 0.25) is 0 Å². The highest BCUT2D eigenvalue weighted by Crippen LogP contribution is 2.20. The molecule has 0 unspecified atom stereocenters. The summed E-state index contributed by atoms with van der Waals surface area (Å²) in [7, 11) is 1.86. The van der Waals surface area contributed by atoms with Crippen LogP contribution in [0.25, 0.3) is 0 Å². The number of nitrogens with one attached hydrogen (secondary N) is 1. The fourth-order valence-electron chi connectivity index (χ4n) is 1.76. The van der Waals surface area contributed by atoms with Gasteiger partial charge in [-0.3, -0.25) is 10.3 Å². The van der Waals surface area contributed by atoms with Gasteiger partial charge in [-0.2, -0.15) is 0 Å². The number of nitrogens with zero attached hydrogens (tertiary/aromatic N) is 1. The largest absolute Gasteiger partial charge is 0.388 e. The maximum atomic E-state index is 10.1. The lowest BCUT2D eigenvalue weighted by Crippen LogP contribution is -2.47. The lowest BCUT2D eigenvalue weighted by Gasteiger charge is -2.35. The molecule has 0 bridgehead atoms. The van der Waals surface area contributed by atoms with Crippen LogP contribution in [0.3, 0.4) is 0 Å². The molecule has 0 aromatic heterocycles. The highest BCUT2D eigenvalue weighted by molar-refractivity contribution is 5.78. The van der Waals surface area contributed by atoms with Gasteiger partial charge in [-0.25, -0.2) is 0 Å². The van der Waals surface area contributed by atoms with E-state index in [1.54, 1.807) is 0 Å². The molecular weight excluding hydrogens is 182 g/mol. The third-order valence-corrected chi connectivity index (χ3v) is 2.43. The SMILES string of the molecule is CN(CC(=N)N)CC1(O)CCOCC1. The number of nitrogens with two attached hydrogens (primary N) is 1. The van der Waals surface area contributed by atoms with E-state index >= 15 is 0 Å². The Kier molecular flexibility index (Phi) is 3.86. The second-order valence-electron chi connectivity index (χ2n) is 4.03. The van der Waals surface area contributed by atoms with Gasteiger partial charge in [-0.1, -0.05) is 0 Å². The van der Waals surface area contributed by atoms with Crippen LogP contribution < -0.4 is 5.73 Å². The van der Waals surface area contributed by atoms with Crippen LogP contribution in [0.4, 0.5) is 0 Å². The van der Waals surface area contributed by atoms with Crippen molar-refractivity contribution in [2.75, 3.05) is 33.4 Å². The van der Waals surface area contributed by atoms with Crippen LogP contribution in [0.2, 0.25) is 0 Å². The van der Waals surface area contributed by atoms with Gasteiger partial charge in [0.15, 0.2) is 0 Å². The molecule has 0 radical (unpaired) electrons. The van der Waals surface area contributed by atoms with Crippen molar-refractivity contribution in [3.63, 3.8) is 0 Å². The number of amidine groups is 1. The Morgan fingerprint density at radius 3 is 2.64 bits per heavy atom. The van der Waals surface area contributed by atoms with E-state index in [2.05, 4.69) is 0 Å². The molecule has 0 aliphatic carbocycles. The minimum Gasteiger partial charge on any atom is -0.388 e. The Balaban J connectivity index is 2.36. The molecule has 0 aromatic carbocycles. The summed E-state index contributed by atoms with van der Waals surface area (Å²) in [6.45, 7) is 2.19. The average molecular weight is 201 g/mol. The van der Waals surface area contributed by atoms with Gasteiger partial charge in [-0.15, -0.1) is 0 Å². The molecule has 1 aliphatic heterocycles. The molecule has 0 spiro atoms. The van der Waals surface area contributed by atoms with Crippen molar-refractivity contribution in [2.45, 2.75) is 18.4 Å². The highest BCUT2D eigenvalue weighted by atomic mass is 16.5. The minimum atomic E-state index is -0.664. The maximum absolute atomic E-state index is 10.1. The number of aliphatic hydroxyl groups is 1. The summed E-state index contributed by atoms with van der Waals surface area (Å²) in [6.07, 6.45) is 1.32. The summed E-state index contributed by atoms with van der Waals surface area (Å²) in [4.78, 5) is 1.87. The molecule has 0 aromatic rings. The molecule has 1 saturated heterocycles. The standard InChI is InChI=1S/C9H19N3O2/c1-12(6-8(10)11)7-9(13)2-4-14-5-3-9/h13H,2-7H2,1H3,(H3,10,11). The van der Waals surface area contributed by atoms with Gasteiger partial charge >= 0.3 is 0 Å². The van der Waals surface area contributed by atoms with Gasteiger partial charge in [0.1, 0.15) is 5.84 Å². The summed E-state index contributed by atoms with van der Waals surface area (Å²) in [5.41, 5.74) is 4.61. The van der Waals surface area contributed by atoms with Crippen LogP contribution in [0.1, 0.15) is 12.8 Å². The quantitative estimate of drug-likeness (QED) is 0.419. The van der Waals surface area contributed by atoms with Gasteiger partial charge in [0.25, 0.3) is 0 Å². The summed E-state index contributed by atoms with van der Waals surface area (Å²) < 4.78 is 5.18. The monoisotopic (exact) mass is 201 g/mol. The smallest absolute Gasteiger partial charge is 0.105 e. The van der Waals surface area contributed by atoms with E-state index in [0.717, 1.165) is 0 Å². The molecule has 5 nitrogen and oxygen atoms in total. The Morgan fingerprint density at radius 2 is 2.14 bits per heavy atom. The Bertz CT molecular complexity index is 202. The van der Waals surface area contributed by atoms with E-state index in [-0.39, 0.29) is 5.84 Å². The number of rotatable bonds is 4. The van der Waals surface area contributed by atoms with Gasteiger partial charge < -0.3 is 15.6 Å². The number of hydrogen-bond donors (Lipinski definition) is 3. The predicted molar refractivity (Wildman–Crippen MR) is 54.4 cm³/mol.